The van der Waals surface area contributed by atoms with Gasteiger partial charge in [0, 0.05) is 5.30 Å². The van der Waals surface area contributed by atoms with E-state index in [4.69, 9.17) is 5.73 Å². The summed E-state index contributed by atoms with van der Waals surface area (Å²) in [4.78, 5) is 10.9. The van der Waals surface area contributed by atoms with Gasteiger partial charge in [0.2, 0.25) is 0 Å². The van der Waals surface area contributed by atoms with Crippen LogP contribution in [-0.4, -0.2) is 24.3 Å². The highest BCUT2D eigenvalue weighted by molar-refractivity contribution is 7.70. The lowest BCUT2D eigenvalue weighted by atomic mass is 10.2. The lowest BCUT2D eigenvalue weighted by Gasteiger charge is -2.08. The monoisotopic (exact) mass is 213 g/mol. The van der Waals surface area contributed by atoms with E-state index in [9.17, 15) is 14.5 Å². The fraction of sp³-hybridized carbons (Fsp3) is 0.222. The second-order valence-corrected chi connectivity index (χ2v) is 6.63. The van der Waals surface area contributed by atoms with Gasteiger partial charge in [0.05, 0.1) is 5.56 Å². The number of benzene rings is 1. The van der Waals surface area contributed by atoms with Crippen LogP contribution in [0.15, 0.2) is 18.2 Å². The van der Waals surface area contributed by atoms with Gasteiger partial charge in [-0.25, -0.2) is 0 Å². The zero-order chi connectivity index (χ0) is 10.9. The Kier molecular flexibility index (Phi) is 2.67. The number of hydrogen-bond donors (Lipinski definition) is 2. The maximum absolute atomic E-state index is 11.7. The molecule has 0 radical (unpaired) electrons. The lowest BCUT2D eigenvalue weighted by Crippen LogP contribution is -2.14. The molecular formula is C9H12NO3P. The summed E-state index contributed by atoms with van der Waals surface area (Å²) >= 11 is 0. The van der Waals surface area contributed by atoms with Crippen LogP contribution in [-0.2, 0) is 4.57 Å². The molecule has 0 aliphatic carbocycles. The van der Waals surface area contributed by atoms with E-state index in [0.717, 1.165) is 0 Å². The summed E-state index contributed by atoms with van der Waals surface area (Å²) in [5.74, 6) is -0.910. The van der Waals surface area contributed by atoms with Crippen LogP contribution in [0.1, 0.15) is 10.4 Å². The van der Waals surface area contributed by atoms with Gasteiger partial charge in [0.15, 0.2) is 0 Å². The average molecular weight is 213 g/mol. The molecule has 0 unspecified atom stereocenters. The van der Waals surface area contributed by atoms with Crippen molar-refractivity contribution in [3.05, 3.63) is 23.8 Å². The number of hydrogen-bond acceptors (Lipinski definition) is 3. The molecule has 0 aromatic heterocycles. The van der Waals surface area contributed by atoms with E-state index >= 15 is 0 Å². The Morgan fingerprint density at radius 1 is 1.43 bits per heavy atom. The van der Waals surface area contributed by atoms with Gasteiger partial charge in [-0.2, -0.15) is 0 Å². The minimum absolute atomic E-state index is 0.00595. The lowest BCUT2D eigenvalue weighted by molar-refractivity contribution is 0.0998. The molecule has 1 aromatic carbocycles. The number of nitrogens with two attached hydrogens (primary N) is 1. The van der Waals surface area contributed by atoms with E-state index in [1.54, 1.807) is 13.3 Å². The molecule has 0 atom stereocenters. The summed E-state index contributed by atoms with van der Waals surface area (Å²) in [6.45, 7) is 3.17. The Morgan fingerprint density at radius 3 is 2.43 bits per heavy atom. The summed E-state index contributed by atoms with van der Waals surface area (Å²) in [7, 11) is -2.42. The second kappa shape index (κ2) is 3.46. The molecule has 1 aromatic rings. The molecule has 3 N–H and O–H groups in total. The zero-order valence-corrected chi connectivity index (χ0v) is 8.91. The van der Waals surface area contributed by atoms with E-state index in [1.165, 1.54) is 18.2 Å². The molecule has 4 nitrogen and oxygen atoms in total. The summed E-state index contributed by atoms with van der Waals surface area (Å²) in [6.07, 6.45) is 0. The second-order valence-electron chi connectivity index (χ2n) is 3.42. The third-order valence-electron chi connectivity index (χ3n) is 1.87. The van der Waals surface area contributed by atoms with Gasteiger partial charge in [0.25, 0.3) is 5.91 Å². The van der Waals surface area contributed by atoms with Gasteiger partial charge in [-0.05, 0) is 31.5 Å². The van der Waals surface area contributed by atoms with E-state index < -0.39 is 13.0 Å². The average Bonchev–Trinajstić information content (AvgIpc) is 2.02. The zero-order valence-electron chi connectivity index (χ0n) is 8.02. The summed E-state index contributed by atoms with van der Waals surface area (Å²) in [5.41, 5.74) is 5.04. The third-order valence-corrected chi connectivity index (χ3v) is 3.39. The van der Waals surface area contributed by atoms with Crippen LogP contribution >= 0.6 is 7.14 Å². The van der Waals surface area contributed by atoms with Gasteiger partial charge in [-0.3, -0.25) is 4.79 Å². The van der Waals surface area contributed by atoms with Gasteiger partial charge in [-0.1, -0.05) is 0 Å². The quantitative estimate of drug-likeness (QED) is 0.711. The summed E-state index contributed by atoms with van der Waals surface area (Å²) in [5, 5.41) is 9.81. The van der Waals surface area contributed by atoms with E-state index in [-0.39, 0.29) is 11.3 Å². The topological polar surface area (TPSA) is 80.4 Å². The highest BCUT2D eigenvalue weighted by Crippen LogP contribution is 2.35. The number of carbonyl (C=O) groups is 1. The van der Waals surface area contributed by atoms with Crippen molar-refractivity contribution >= 4 is 18.4 Å². The van der Waals surface area contributed by atoms with Crippen LogP contribution < -0.4 is 11.0 Å². The largest absolute Gasteiger partial charge is 0.507 e. The first-order valence-electron chi connectivity index (χ1n) is 4.01. The van der Waals surface area contributed by atoms with Crippen molar-refractivity contribution in [2.24, 2.45) is 5.73 Å². The van der Waals surface area contributed by atoms with Crippen molar-refractivity contribution in [2.45, 2.75) is 0 Å². The Morgan fingerprint density at radius 2 is 2.00 bits per heavy atom. The Hall–Kier alpha value is -1.28. The van der Waals surface area contributed by atoms with Crippen LogP contribution in [0.25, 0.3) is 0 Å². The highest BCUT2D eigenvalue weighted by atomic mass is 31.2. The first-order valence-corrected chi connectivity index (χ1v) is 6.61. The van der Waals surface area contributed by atoms with Crippen molar-refractivity contribution in [1.82, 2.24) is 0 Å². The molecule has 0 bridgehead atoms. The molecule has 0 aliphatic heterocycles. The van der Waals surface area contributed by atoms with Crippen molar-refractivity contribution in [3.8, 4) is 5.75 Å². The fourth-order valence-electron chi connectivity index (χ4n) is 1.06. The SMILES string of the molecule is CP(C)(=O)c1ccc(O)c(C(N)=O)c1. The Labute approximate surface area is 82.1 Å². The van der Waals surface area contributed by atoms with Crippen molar-refractivity contribution in [3.63, 3.8) is 0 Å². The minimum atomic E-state index is -2.42. The number of carbonyl (C=O) groups excluding carboxylic acids is 1. The molecule has 0 saturated carbocycles. The first-order chi connectivity index (χ1) is 6.32. The molecule has 1 rings (SSSR count). The minimum Gasteiger partial charge on any atom is -0.507 e. The molecular weight excluding hydrogens is 201 g/mol. The predicted octanol–water partition coefficient (Wildman–Crippen LogP) is 0.739. The molecule has 14 heavy (non-hydrogen) atoms. The summed E-state index contributed by atoms with van der Waals surface area (Å²) < 4.78 is 11.7. The van der Waals surface area contributed by atoms with Gasteiger partial charge in [-0.15, -0.1) is 0 Å². The van der Waals surface area contributed by atoms with Gasteiger partial charge < -0.3 is 15.4 Å². The molecule has 0 heterocycles. The Balaban J connectivity index is 3.34. The summed E-state index contributed by atoms with van der Waals surface area (Å²) in [6, 6.07) is 4.23. The van der Waals surface area contributed by atoms with Crippen LogP contribution in [0, 0.1) is 0 Å². The van der Waals surface area contributed by atoms with Crippen molar-refractivity contribution < 1.29 is 14.5 Å². The van der Waals surface area contributed by atoms with E-state index in [0.29, 0.717) is 5.30 Å². The Bertz CT molecular complexity index is 422. The fourth-order valence-corrected chi connectivity index (χ4v) is 1.93. The maximum atomic E-state index is 11.7. The van der Waals surface area contributed by atoms with Crippen molar-refractivity contribution in [1.29, 1.82) is 0 Å². The standard InChI is InChI=1S/C9H12NO3P/c1-14(2,13)6-3-4-8(11)7(5-6)9(10)12/h3-5,11H,1-2H3,(H2,10,12). The third kappa shape index (κ3) is 2.15. The molecule has 76 valence electrons. The number of amides is 1. The number of rotatable bonds is 2. The van der Waals surface area contributed by atoms with Gasteiger partial charge >= 0.3 is 0 Å². The normalized spacial score (nSPS) is 11.3. The number of aromatic hydroxyl groups is 1. The van der Waals surface area contributed by atoms with Crippen molar-refractivity contribution in [2.75, 3.05) is 13.3 Å². The molecule has 0 spiro atoms. The number of phenols is 1. The van der Waals surface area contributed by atoms with Crippen LogP contribution in [0.3, 0.4) is 0 Å². The van der Waals surface area contributed by atoms with E-state index in [2.05, 4.69) is 0 Å². The van der Waals surface area contributed by atoms with Crippen LogP contribution in [0.5, 0.6) is 5.75 Å². The van der Waals surface area contributed by atoms with Crippen LogP contribution in [0.2, 0.25) is 0 Å². The van der Waals surface area contributed by atoms with E-state index in [1.807, 2.05) is 0 Å². The molecule has 0 saturated heterocycles. The number of primary amides is 1. The van der Waals surface area contributed by atoms with Gasteiger partial charge in [0.1, 0.15) is 12.9 Å². The smallest absolute Gasteiger partial charge is 0.252 e. The molecule has 0 fully saturated rings. The molecule has 0 aliphatic rings. The first kappa shape index (κ1) is 10.8. The maximum Gasteiger partial charge on any atom is 0.252 e. The molecule has 5 heteroatoms. The van der Waals surface area contributed by atoms with Crippen LogP contribution in [0.4, 0.5) is 0 Å². The molecule has 1 amide bonds. The predicted molar refractivity (Wildman–Crippen MR) is 55.7 cm³/mol. The highest BCUT2D eigenvalue weighted by Gasteiger charge is 2.15.